The molecule has 7 rings (SSSR count). The van der Waals surface area contributed by atoms with Gasteiger partial charge in [0.25, 0.3) is 0 Å². The zero-order valence-electron chi connectivity index (χ0n) is 24.1. The minimum Gasteiger partial charge on any atom is -0.397 e. The van der Waals surface area contributed by atoms with Crippen molar-refractivity contribution in [2.45, 2.75) is 13.8 Å². The molecule has 2 heteroatoms. The molecule has 0 unspecified atom stereocenters. The summed E-state index contributed by atoms with van der Waals surface area (Å²) in [5.41, 5.74) is 14.4. The molecule has 0 saturated carbocycles. The largest absolute Gasteiger partial charge is 0.397 e. The first-order valence-electron chi connectivity index (χ1n) is 14.7. The molecule has 0 saturated heterocycles. The number of nitrogens with zero attached hydrogens (tertiary/aromatic N) is 1. The lowest BCUT2D eigenvalue weighted by Crippen LogP contribution is -2.23. The van der Waals surface area contributed by atoms with E-state index >= 15 is 0 Å². The molecule has 0 spiro atoms. The molecule has 0 aromatic heterocycles. The number of hydrogen-bond acceptors (Lipinski definition) is 2. The minimum atomic E-state index is 0.486. The molecule has 7 aromatic rings. The van der Waals surface area contributed by atoms with Crippen LogP contribution in [-0.2, 0) is 0 Å². The van der Waals surface area contributed by atoms with Crippen LogP contribution >= 0.6 is 0 Å². The Labute approximate surface area is 247 Å². The first-order chi connectivity index (χ1) is 20.6. The summed E-state index contributed by atoms with van der Waals surface area (Å²) >= 11 is 0. The van der Waals surface area contributed by atoms with Crippen molar-refractivity contribution in [2.75, 3.05) is 17.2 Å². The van der Waals surface area contributed by atoms with Crippen molar-refractivity contribution in [3.8, 4) is 22.3 Å². The number of hydrogen-bond donors (Lipinski definition) is 1. The number of rotatable bonds is 6. The molecule has 0 bridgehead atoms. The van der Waals surface area contributed by atoms with Gasteiger partial charge in [-0.3, -0.25) is 0 Å². The van der Waals surface area contributed by atoms with E-state index in [1.54, 1.807) is 0 Å². The highest BCUT2D eigenvalue weighted by Gasteiger charge is 2.18. The molecule has 0 heterocycles. The van der Waals surface area contributed by atoms with Gasteiger partial charge in [0, 0.05) is 12.2 Å². The Bertz CT molecular complexity index is 2000. The smallest absolute Gasteiger partial charge is 0.0644 e. The first-order valence-corrected chi connectivity index (χ1v) is 14.7. The standard InChI is InChI=1S/C40H34N2/c1-27(2)26-42(38-18-10-9-17-37(38)41)32-23-21-29(22-24-32)39-33-13-5-7-15-35(33)40(36-16-8-6-14-34(36)39)31-20-19-28-11-3-4-12-30(28)25-31/h3-25,27H,26,41H2,1-2H3. The number of nitrogen functional groups attached to an aromatic ring is 1. The van der Waals surface area contributed by atoms with Crippen LogP contribution in [0.2, 0.25) is 0 Å². The predicted octanol–water partition coefficient (Wildman–Crippen LogP) is 10.9. The van der Waals surface area contributed by atoms with E-state index in [-0.39, 0.29) is 0 Å². The minimum absolute atomic E-state index is 0.486. The van der Waals surface area contributed by atoms with Gasteiger partial charge in [-0.2, -0.15) is 0 Å². The Morgan fingerprint density at radius 3 is 1.62 bits per heavy atom. The molecule has 0 atom stereocenters. The molecular formula is C40H34N2. The van der Waals surface area contributed by atoms with Crippen LogP contribution in [0.4, 0.5) is 17.1 Å². The van der Waals surface area contributed by atoms with Gasteiger partial charge in [0.2, 0.25) is 0 Å². The van der Waals surface area contributed by atoms with Gasteiger partial charge in [-0.15, -0.1) is 0 Å². The quantitative estimate of drug-likeness (QED) is 0.167. The Morgan fingerprint density at radius 1 is 0.524 bits per heavy atom. The summed E-state index contributed by atoms with van der Waals surface area (Å²) in [5.74, 6) is 0.486. The highest BCUT2D eigenvalue weighted by molar-refractivity contribution is 6.21. The van der Waals surface area contributed by atoms with E-state index in [1.165, 1.54) is 54.6 Å². The molecule has 7 aromatic carbocycles. The molecule has 0 aliphatic heterocycles. The second-order valence-corrected chi connectivity index (χ2v) is 11.5. The van der Waals surface area contributed by atoms with Crippen LogP contribution in [-0.4, -0.2) is 6.54 Å². The van der Waals surface area contributed by atoms with E-state index in [4.69, 9.17) is 5.73 Å². The van der Waals surface area contributed by atoms with E-state index in [2.05, 4.69) is 146 Å². The number of para-hydroxylation sites is 2. The summed E-state index contributed by atoms with van der Waals surface area (Å²) in [4.78, 5) is 2.34. The van der Waals surface area contributed by atoms with Crippen LogP contribution in [0, 0.1) is 5.92 Å². The van der Waals surface area contributed by atoms with E-state index < -0.39 is 0 Å². The zero-order chi connectivity index (χ0) is 28.6. The van der Waals surface area contributed by atoms with Crippen molar-refractivity contribution in [3.05, 3.63) is 140 Å². The first kappa shape index (κ1) is 25.9. The third-order valence-electron chi connectivity index (χ3n) is 8.21. The van der Waals surface area contributed by atoms with Crippen LogP contribution in [0.5, 0.6) is 0 Å². The van der Waals surface area contributed by atoms with Gasteiger partial charge < -0.3 is 10.6 Å². The summed E-state index contributed by atoms with van der Waals surface area (Å²) in [7, 11) is 0. The Hall–Kier alpha value is -5.08. The van der Waals surface area contributed by atoms with Crippen molar-refractivity contribution in [3.63, 3.8) is 0 Å². The van der Waals surface area contributed by atoms with Gasteiger partial charge in [-0.25, -0.2) is 0 Å². The van der Waals surface area contributed by atoms with Gasteiger partial charge >= 0.3 is 0 Å². The lowest BCUT2D eigenvalue weighted by atomic mass is 9.85. The monoisotopic (exact) mass is 542 g/mol. The van der Waals surface area contributed by atoms with Crippen molar-refractivity contribution >= 4 is 49.4 Å². The molecule has 0 aliphatic rings. The summed E-state index contributed by atoms with van der Waals surface area (Å²) in [6.07, 6.45) is 0. The number of nitrogens with two attached hydrogens (primary N) is 1. The fraction of sp³-hybridized carbons (Fsp3) is 0.100. The summed E-state index contributed by atoms with van der Waals surface area (Å²) < 4.78 is 0. The number of benzene rings is 7. The highest BCUT2D eigenvalue weighted by Crippen LogP contribution is 2.44. The maximum atomic E-state index is 6.43. The lowest BCUT2D eigenvalue weighted by Gasteiger charge is -2.28. The van der Waals surface area contributed by atoms with Crippen molar-refractivity contribution in [1.29, 1.82) is 0 Å². The number of anilines is 3. The summed E-state index contributed by atoms with van der Waals surface area (Å²) in [6.45, 7) is 5.38. The highest BCUT2D eigenvalue weighted by atomic mass is 15.1. The van der Waals surface area contributed by atoms with Gasteiger partial charge in [0.05, 0.1) is 11.4 Å². The molecule has 0 fully saturated rings. The van der Waals surface area contributed by atoms with Crippen LogP contribution in [0.25, 0.3) is 54.6 Å². The topological polar surface area (TPSA) is 29.3 Å². The predicted molar refractivity (Wildman–Crippen MR) is 183 cm³/mol. The SMILES string of the molecule is CC(C)CN(c1ccc(-c2c3ccccc3c(-c3ccc4ccccc4c3)c3ccccc23)cc1)c1ccccc1N. The maximum Gasteiger partial charge on any atom is 0.0644 e. The van der Waals surface area contributed by atoms with Crippen LogP contribution in [0.3, 0.4) is 0 Å². The van der Waals surface area contributed by atoms with Gasteiger partial charge in [-0.1, -0.05) is 123 Å². The molecule has 2 N–H and O–H groups in total. The zero-order valence-corrected chi connectivity index (χ0v) is 24.1. The average Bonchev–Trinajstić information content (AvgIpc) is 3.02. The molecule has 42 heavy (non-hydrogen) atoms. The maximum absolute atomic E-state index is 6.43. The Morgan fingerprint density at radius 2 is 1.02 bits per heavy atom. The van der Waals surface area contributed by atoms with Gasteiger partial charge in [0.15, 0.2) is 0 Å². The van der Waals surface area contributed by atoms with Crippen LogP contribution in [0.1, 0.15) is 13.8 Å². The fourth-order valence-corrected chi connectivity index (χ4v) is 6.34. The second-order valence-electron chi connectivity index (χ2n) is 11.5. The van der Waals surface area contributed by atoms with E-state index in [1.807, 2.05) is 12.1 Å². The fourth-order valence-electron chi connectivity index (χ4n) is 6.34. The van der Waals surface area contributed by atoms with E-state index in [9.17, 15) is 0 Å². The third kappa shape index (κ3) is 4.55. The number of fused-ring (bicyclic) bond motifs is 3. The van der Waals surface area contributed by atoms with Crippen molar-refractivity contribution in [2.24, 2.45) is 5.92 Å². The van der Waals surface area contributed by atoms with Gasteiger partial charge in [-0.05, 0) is 90.8 Å². The molecule has 0 aliphatic carbocycles. The Balaban J connectivity index is 1.42. The summed E-state index contributed by atoms with van der Waals surface area (Å²) in [6, 6.07) is 50.3. The van der Waals surface area contributed by atoms with E-state index in [0.29, 0.717) is 5.92 Å². The van der Waals surface area contributed by atoms with Crippen LogP contribution < -0.4 is 10.6 Å². The third-order valence-corrected chi connectivity index (χ3v) is 8.21. The van der Waals surface area contributed by atoms with Crippen LogP contribution in [0.15, 0.2) is 140 Å². The van der Waals surface area contributed by atoms with Crippen molar-refractivity contribution < 1.29 is 0 Å². The molecule has 0 amide bonds. The van der Waals surface area contributed by atoms with E-state index in [0.717, 1.165) is 23.6 Å². The average molecular weight is 543 g/mol. The van der Waals surface area contributed by atoms with Crippen molar-refractivity contribution in [1.82, 2.24) is 0 Å². The lowest BCUT2D eigenvalue weighted by molar-refractivity contribution is 0.652. The normalized spacial score (nSPS) is 11.5. The summed E-state index contributed by atoms with van der Waals surface area (Å²) in [5, 5.41) is 7.58. The van der Waals surface area contributed by atoms with Gasteiger partial charge in [0.1, 0.15) is 0 Å². The second kappa shape index (κ2) is 10.7. The molecular weight excluding hydrogens is 508 g/mol. The Kier molecular flexibility index (Phi) is 6.60. The molecule has 204 valence electrons. The molecule has 0 radical (unpaired) electrons. The molecule has 2 nitrogen and oxygen atoms in total.